The van der Waals surface area contributed by atoms with Crippen molar-refractivity contribution in [3.05, 3.63) is 72.9 Å². The maximum absolute atomic E-state index is 12.8. The van der Waals surface area contributed by atoms with E-state index in [9.17, 15) is 14.4 Å². The van der Waals surface area contributed by atoms with Crippen LogP contribution in [0.15, 0.2) is 72.9 Å². The lowest BCUT2D eigenvalue weighted by molar-refractivity contribution is -0.167. The van der Waals surface area contributed by atoms with Gasteiger partial charge in [0.15, 0.2) is 6.10 Å². The van der Waals surface area contributed by atoms with E-state index in [1.54, 1.807) is 0 Å². The second kappa shape index (κ2) is 50.5. The molecule has 62 heavy (non-hydrogen) atoms. The monoisotopic (exact) mass is 865 g/mol. The third-order valence-corrected chi connectivity index (χ3v) is 11.0. The first kappa shape index (κ1) is 58.9. The van der Waals surface area contributed by atoms with Gasteiger partial charge in [0, 0.05) is 19.3 Å². The minimum Gasteiger partial charge on any atom is -0.462 e. The number of hydrogen-bond acceptors (Lipinski definition) is 6. The highest BCUT2D eigenvalue weighted by Gasteiger charge is 2.19. The molecule has 0 fully saturated rings. The molecule has 0 saturated heterocycles. The predicted octanol–water partition coefficient (Wildman–Crippen LogP) is 17.0. The van der Waals surface area contributed by atoms with Crippen LogP contribution in [0.1, 0.15) is 245 Å². The van der Waals surface area contributed by atoms with Crippen LogP contribution in [-0.4, -0.2) is 37.2 Å². The Hall–Kier alpha value is -3.15. The molecule has 0 aliphatic rings. The molecule has 6 nitrogen and oxygen atoms in total. The Morgan fingerprint density at radius 3 is 1.06 bits per heavy atom. The third kappa shape index (κ3) is 47.9. The zero-order chi connectivity index (χ0) is 45.1. The smallest absolute Gasteiger partial charge is 0.306 e. The minimum absolute atomic E-state index is 0.0965. The molecule has 0 bridgehead atoms. The van der Waals surface area contributed by atoms with Crippen LogP contribution in [0.5, 0.6) is 0 Å². The highest BCUT2D eigenvalue weighted by molar-refractivity contribution is 5.71. The second-order valence-electron chi connectivity index (χ2n) is 17.1. The molecule has 356 valence electrons. The van der Waals surface area contributed by atoms with E-state index in [2.05, 4.69) is 93.7 Å². The van der Waals surface area contributed by atoms with Crippen LogP contribution in [0.25, 0.3) is 0 Å². The Morgan fingerprint density at radius 2 is 0.645 bits per heavy atom. The number of hydrogen-bond donors (Lipinski definition) is 0. The van der Waals surface area contributed by atoms with Gasteiger partial charge in [0.2, 0.25) is 0 Å². The number of carbonyl (C=O) groups excluding carboxylic acids is 3. The summed E-state index contributed by atoms with van der Waals surface area (Å²) in [6.45, 7) is 6.44. The standard InChI is InChI=1S/C56H96O6/c1-4-7-10-13-16-19-22-25-27-29-31-34-37-40-43-46-49-55(58)61-52-53(51-60-54(57)48-45-42-39-36-33-30-24-21-18-15-12-9-6-3)62-56(59)50-47-44-41-38-35-32-28-26-23-20-17-14-11-8-5-2/h9,12,15,18,20-21,23-24,27,29,31,34,53H,4-8,10-11,13-14,16-17,19,22,25-26,28,30,32-33,35-52H2,1-3H3/b12-9+,18-15+,23-20+,24-21+,29-27+,34-31+. The Balaban J connectivity index is 4.45. The van der Waals surface area contributed by atoms with Crippen LogP contribution in [0.3, 0.4) is 0 Å². The summed E-state index contributed by atoms with van der Waals surface area (Å²) < 4.78 is 16.8. The number of carbonyl (C=O) groups is 3. The summed E-state index contributed by atoms with van der Waals surface area (Å²) in [5.41, 5.74) is 0. The van der Waals surface area contributed by atoms with E-state index >= 15 is 0 Å². The van der Waals surface area contributed by atoms with Crippen molar-refractivity contribution in [2.24, 2.45) is 0 Å². The van der Waals surface area contributed by atoms with Gasteiger partial charge < -0.3 is 14.2 Å². The second-order valence-corrected chi connectivity index (χ2v) is 17.1. The molecule has 0 aromatic carbocycles. The molecule has 1 unspecified atom stereocenters. The average molecular weight is 865 g/mol. The number of rotatable bonds is 46. The van der Waals surface area contributed by atoms with E-state index in [0.29, 0.717) is 19.3 Å². The summed E-state index contributed by atoms with van der Waals surface area (Å²) in [5.74, 6) is -0.945. The van der Waals surface area contributed by atoms with E-state index in [-0.39, 0.29) is 31.1 Å². The lowest BCUT2D eigenvalue weighted by Gasteiger charge is -2.18. The van der Waals surface area contributed by atoms with Crippen LogP contribution in [-0.2, 0) is 28.6 Å². The maximum atomic E-state index is 12.8. The predicted molar refractivity (Wildman–Crippen MR) is 265 cm³/mol. The highest BCUT2D eigenvalue weighted by atomic mass is 16.6. The fourth-order valence-electron chi connectivity index (χ4n) is 7.07. The number of esters is 3. The quantitative estimate of drug-likeness (QED) is 0.0199. The van der Waals surface area contributed by atoms with E-state index in [1.165, 1.54) is 109 Å². The van der Waals surface area contributed by atoms with Crippen LogP contribution >= 0.6 is 0 Å². The fraction of sp³-hybridized carbons (Fsp3) is 0.732. The van der Waals surface area contributed by atoms with Gasteiger partial charge in [0.1, 0.15) is 13.2 Å². The summed E-state index contributed by atoms with van der Waals surface area (Å²) in [4.78, 5) is 38.0. The van der Waals surface area contributed by atoms with E-state index in [4.69, 9.17) is 14.2 Å². The van der Waals surface area contributed by atoms with Gasteiger partial charge in [-0.25, -0.2) is 0 Å². The van der Waals surface area contributed by atoms with Gasteiger partial charge in [-0.05, 0) is 89.9 Å². The Labute approximate surface area is 382 Å². The first-order valence-electron chi connectivity index (χ1n) is 26.0. The van der Waals surface area contributed by atoms with Gasteiger partial charge in [-0.15, -0.1) is 0 Å². The Kier molecular flexibility index (Phi) is 47.9. The van der Waals surface area contributed by atoms with Crippen LogP contribution in [0.4, 0.5) is 0 Å². The van der Waals surface area contributed by atoms with Gasteiger partial charge in [-0.3, -0.25) is 14.4 Å². The molecule has 0 aromatic heterocycles. The minimum atomic E-state index is -0.796. The maximum Gasteiger partial charge on any atom is 0.306 e. The van der Waals surface area contributed by atoms with E-state index in [0.717, 1.165) is 96.3 Å². The lowest BCUT2D eigenvalue weighted by atomic mass is 10.1. The Bertz CT molecular complexity index is 1180. The highest BCUT2D eigenvalue weighted by Crippen LogP contribution is 2.14. The van der Waals surface area contributed by atoms with Gasteiger partial charge in [0.25, 0.3) is 0 Å². The molecule has 6 heteroatoms. The molecule has 0 saturated carbocycles. The molecule has 0 aliphatic carbocycles. The van der Waals surface area contributed by atoms with Crippen molar-refractivity contribution < 1.29 is 28.6 Å². The van der Waals surface area contributed by atoms with E-state index in [1.807, 2.05) is 0 Å². The van der Waals surface area contributed by atoms with Crippen molar-refractivity contribution in [1.82, 2.24) is 0 Å². The summed E-state index contributed by atoms with van der Waals surface area (Å²) in [6.07, 6.45) is 63.1. The molecular formula is C56H96O6. The first-order valence-corrected chi connectivity index (χ1v) is 26.0. The molecule has 0 radical (unpaired) electrons. The van der Waals surface area contributed by atoms with Crippen molar-refractivity contribution in [1.29, 1.82) is 0 Å². The van der Waals surface area contributed by atoms with Crippen LogP contribution in [0, 0.1) is 0 Å². The number of ether oxygens (including phenoxy) is 3. The van der Waals surface area contributed by atoms with Gasteiger partial charge in [0.05, 0.1) is 0 Å². The summed E-state index contributed by atoms with van der Waals surface area (Å²) in [7, 11) is 0. The zero-order valence-electron chi connectivity index (χ0n) is 40.6. The summed E-state index contributed by atoms with van der Waals surface area (Å²) in [5, 5.41) is 0. The number of unbranched alkanes of at least 4 members (excludes halogenated alkanes) is 26. The van der Waals surface area contributed by atoms with Crippen molar-refractivity contribution >= 4 is 17.9 Å². The molecule has 0 N–H and O–H groups in total. The van der Waals surface area contributed by atoms with Gasteiger partial charge >= 0.3 is 17.9 Å². The van der Waals surface area contributed by atoms with Crippen molar-refractivity contribution in [2.75, 3.05) is 13.2 Å². The van der Waals surface area contributed by atoms with Crippen molar-refractivity contribution in [3.63, 3.8) is 0 Å². The normalized spacial score (nSPS) is 12.6. The first-order chi connectivity index (χ1) is 30.5. The lowest BCUT2D eigenvalue weighted by Crippen LogP contribution is -2.30. The molecule has 0 rings (SSSR count). The van der Waals surface area contributed by atoms with Crippen LogP contribution in [0.2, 0.25) is 0 Å². The van der Waals surface area contributed by atoms with Gasteiger partial charge in [-0.2, -0.15) is 0 Å². The van der Waals surface area contributed by atoms with Crippen molar-refractivity contribution in [3.8, 4) is 0 Å². The molecule has 0 spiro atoms. The molecule has 1 atom stereocenters. The van der Waals surface area contributed by atoms with E-state index < -0.39 is 6.10 Å². The van der Waals surface area contributed by atoms with Crippen LogP contribution < -0.4 is 0 Å². The largest absolute Gasteiger partial charge is 0.462 e. The Morgan fingerprint density at radius 1 is 0.339 bits per heavy atom. The number of allylic oxidation sites excluding steroid dienone is 12. The SMILES string of the molecule is CC/C=C/C=C/C=C/CCCCCCCC(=O)OCC(COC(=O)CCCCC/C=C/C=C/CCCCCCCCC)OC(=O)CCCCCCCCC/C=C/CCCCCC. The molecule has 0 amide bonds. The molecular weight excluding hydrogens is 769 g/mol. The summed E-state index contributed by atoms with van der Waals surface area (Å²) >= 11 is 0. The molecule has 0 heterocycles. The molecule has 0 aromatic rings. The average Bonchev–Trinajstić information content (AvgIpc) is 3.27. The van der Waals surface area contributed by atoms with Crippen molar-refractivity contribution in [2.45, 2.75) is 252 Å². The third-order valence-electron chi connectivity index (χ3n) is 11.0. The molecule has 0 aliphatic heterocycles. The topological polar surface area (TPSA) is 78.9 Å². The zero-order valence-corrected chi connectivity index (χ0v) is 40.6. The van der Waals surface area contributed by atoms with Gasteiger partial charge in [-0.1, -0.05) is 209 Å². The summed E-state index contributed by atoms with van der Waals surface area (Å²) in [6, 6.07) is 0. The fourth-order valence-corrected chi connectivity index (χ4v) is 7.07.